The number of pyridine rings is 3. The van der Waals surface area contributed by atoms with Gasteiger partial charge in [-0.15, -0.1) is 5.10 Å². The molecule has 5 rings (SSSR count). The van der Waals surface area contributed by atoms with Gasteiger partial charge in [0.1, 0.15) is 11.5 Å². The summed E-state index contributed by atoms with van der Waals surface area (Å²) >= 11 is 0. The monoisotopic (exact) mass is 433 g/mol. The summed E-state index contributed by atoms with van der Waals surface area (Å²) in [5.41, 5.74) is 4.95. The van der Waals surface area contributed by atoms with E-state index in [-0.39, 0.29) is 12.3 Å². The van der Waals surface area contributed by atoms with Crippen LogP contribution in [0, 0.1) is 0 Å². The Balaban J connectivity index is 1.38. The molecule has 0 spiro atoms. The van der Waals surface area contributed by atoms with E-state index in [9.17, 15) is 4.79 Å². The SMILES string of the molecule is O=C(Cc1nnn(-c2ccncc2)c1-c1ccccc1)Nc1ccc(-c2cccnc2)cn1. The molecule has 1 N–H and O–H groups in total. The molecule has 1 aromatic carbocycles. The lowest BCUT2D eigenvalue weighted by atomic mass is 10.1. The van der Waals surface area contributed by atoms with Gasteiger partial charge in [0.25, 0.3) is 0 Å². The number of nitrogens with zero attached hydrogens (tertiary/aromatic N) is 6. The van der Waals surface area contributed by atoms with Gasteiger partial charge >= 0.3 is 0 Å². The van der Waals surface area contributed by atoms with Crippen molar-refractivity contribution in [2.75, 3.05) is 5.32 Å². The minimum absolute atomic E-state index is 0.0569. The van der Waals surface area contributed by atoms with Crippen LogP contribution in [0.3, 0.4) is 0 Å². The van der Waals surface area contributed by atoms with E-state index in [1.807, 2.05) is 60.7 Å². The normalized spacial score (nSPS) is 10.7. The van der Waals surface area contributed by atoms with Crippen molar-refractivity contribution in [1.82, 2.24) is 29.9 Å². The van der Waals surface area contributed by atoms with E-state index < -0.39 is 0 Å². The number of carbonyl (C=O) groups is 1. The van der Waals surface area contributed by atoms with Crippen molar-refractivity contribution in [1.29, 1.82) is 0 Å². The Morgan fingerprint density at radius 2 is 1.58 bits per heavy atom. The predicted molar refractivity (Wildman–Crippen MR) is 124 cm³/mol. The van der Waals surface area contributed by atoms with Crippen LogP contribution in [0.4, 0.5) is 5.82 Å². The topological polar surface area (TPSA) is 98.5 Å². The Kier molecular flexibility index (Phi) is 5.62. The van der Waals surface area contributed by atoms with Gasteiger partial charge in [0.2, 0.25) is 5.91 Å². The molecule has 1 amide bonds. The molecular weight excluding hydrogens is 414 g/mol. The molecule has 0 radical (unpaired) electrons. The molecular formula is C25H19N7O. The van der Waals surface area contributed by atoms with Crippen LogP contribution in [0.15, 0.2) is 97.7 Å². The number of carbonyl (C=O) groups excluding carboxylic acids is 1. The van der Waals surface area contributed by atoms with Gasteiger partial charge in [-0.3, -0.25) is 14.8 Å². The molecule has 160 valence electrons. The van der Waals surface area contributed by atoms with E-state index in [0.717, 1.165) is 28.1 Å². The Morgan fingerprint density at radius 3 is 2.30 bits per heavy atom. The molecule has 0 unspecified atom stereocenters. The fourth-order valence-electron chi connectivity index (χ4n) is 3.49. The van der Waals surface area contributed by atoms with Crippen molar-refractivity contribution in [3.05, 3.63) is 103 Å². The number of benzene rings is 1. The van der Waals surface area contributed by atoms with E-state index in [1.54, 1.807) is 41.7 Å². The Morgan fingerprint density at radius 1 is 0.788 bits per heavy atom. The number of hydrogen-bond acceptors (Lipinski definition) is 6. The number of nitrogens with one attached hydrogen (secondary N) is 1. The van der Waals surface area contributed by atoms with Crippen LogP contribution in [0.25, 0.3) is 28.1 Å². The summed E-state index contributed by atoms with van der Waals surface area (Å²) in [5, 5.41) is 11.5. The highest BCUT2D eigenvalue weighted by atomic mass is 16.1. The molecule has 0 aliphatic heterocycles. The molecule has 8 nitrogen and oxygen atoms in total. The first-order valence-electron chi connectivity index (χ1n) is 10.3. The van der Waals surface area contributed by atoms with Gasteiger partial charge in [-0.25, -0.2) is 9.67 Å². The zero-order valence-electron chi connectivity index (χ0n) is 17.5. The van der Waals surface area contributed by atoms with Gasteiger partial charge < -0.3 is 5.32 Å². The number of rotatable bonds is 6. The lowest BCUT2D eigenvalue weighted by Gasteiger charge is -2.09. The van der Waals surface area contributed by atoms with E-state index in [0.29, 0.717) is 11.5 Å². The van der Waals surface area contributed by atoms with Gasteiger partial charge in [0.15, 0.2) is 0 Å². The molecule has 0 aliphatic carbocycles. The second-order valence-electron chi connectivity index (χ2n) is 7.27. The number of hydrogen-bond donors (Lipinski definition) is 1. The molecule has 0 fully saturated rings. The highest BCUT2D eigenvalue weighted by Gasteiger charge is 2.19. The summed E-state index contributed by atoms with van der Waals surface area (Å²) < 4.78 is 1.72. The molecule has 8 heteroatoms. The third kappa shape index (κ3) is 4.49. The van der Waals surface area contributed by atoms with Crippen molar-refractivity contribution in [2.45, 2.75) is 6.42 Å². The van der Waals surface area contributed by atoms with Crippen molar-refractivity contribution >= 4 is 11.7 Å². The van der Waals surface area contributed by atoms with Crippen molar-refractivity contribution in [3.8, 4) is 28.1 Å². The molecule has 0 saturated carbocycles. The second-order valence-corrected chi connectivity index (χ2v) is 7.27. The van der Waals surface area contributed by atoms with Crippen molar-refractivity contribution in [2.24, 2.45) is 0 Å². The van der Waals surface area contributed by atoms with Crippen LogP contribution >= 0.6 is 0 Å². The van der Waals surface area contributed by atoms with Gasteiger partial charge in [-0.05, 0) is 30.3 Å². The van der Waals surface area contributed by atoms with Gasteiger partial charge in [0.05, 0.1) is 17.8 Å². The smallest absolute Gasteiger partial charge is 0.231 e. The van der Waals surface area contributed by atoms with Crippen LogP contribution in [0.1, 0.15) is 5.69 Å². The van der Waals surface area contributed by atoms with Crippen molar-refractivity contribution < 1.29 is 4.79 Å². The fraction of sp³-hybridized carbons (Fsp3) is 0.0400. The van der Waals surface area contributed by atoms with Gasteiger partial charge in [-0.2, -0.15) is 0 Å². The lowest BCUT2D eigenvalue weighted by molar-refractivity contribution is -0.115. The summed E-state index contributed by atoms with van der Waals surface area (Å²) in [7, 11) is 0. The zero-order chi connectivity index (χ0) is 22.5. The van der Waals surface area contributed by atoms with E-state index in [4.69, 9.17) is 0 Å². The number of aromatic nitrogens is 6. The average Bonchev–Trinajstić information content (AvgIpc) is 3.29. The van der Waals surface area contributed by atoms with E-state index >= 15 is 0 Å². The third-order valence-electron chi connectivity index (χ3n) is 5.05. The molecule has 4 heterocycles. The average molecular weight is 433 g/mol. The summed E-state index contributed by atoms with van der Waals surface area (Å²) in [4.78, 5) is 25.4. The molecule has 33 heavy (non-hydrogen) atoms. The summed E-state index contributed by atoms with van der Waals surface area (Å²) in [5.74, 6) is 0.242. The maximum Gasteiger partial charge on any atom is 0.231 e. The maximum atomic E-state index is 12.8. The van der Waals surface area contributed by atoms with E-state index in [2.05, 4.69) is 30.6 Å². The fourth-order valence-corrected chi connectivity index (χ4v) is 3.49. The van der Waals surface area contributed by atoms with Gasteiger partial charge in [0, 0.05) is 47.7 Å². The molecule has 0 aliphatic rings. The minimum atomic E-state index is -0.226. The first kappa shape index (κ1) is 20.2. The number of amides is 1. The largest absolute Gasteiger partial charge is 0.310 e. The lowest BCUT2D eigenvalue weighted by Crippen LogP contribution is -2.16. The highest BCUT2D eigenvalue weighted by molar-refractivity contribution is 5.92. The molecule has 5 aromatic rings. The van der Waals surface area contributed by atoms with E-state index in [1.165, 1.54) is 0 Å². The minimum Gasteiger partial charge on any atom is -0.310 e. The first-order valence-corrected chi connectivity index (χ1v) is 10.3. The Hall–Kier alpha value is -4.72. The van der Waals surface area contributed by atoms with Crippen molar-refractivity contribution in [3.63, 3.8) is 0 Å². The van der Waals surface area contributed by atoms with Crippen LogP contribution < -0.4 is 5.32 Å². The summed E-state index contributed by atoms with van der Waals surface area (Å²) in [6.45, 7) is 0. The van der Waals surface area contributed by atoms with Crippen LogP contribution in [0.2, 0.25) is 0 Å². The zero-order valence-corrected chi connectivity index (χ0v) is 17.5. The molecule has 0 atom stereocenters. The highest BCUT2D eigenvalue weighted by Crippen LogP contribution is 2.25. The summed E-state index contributed by atoms with van der Waals surface area (Å²) in [6.07, 6.45) is 8.65. The Labute approximate surface area is 190 Å². The molecule has 0 bridgehead atoms. The predicted octanol–water partition coefficient (Wildman–Crippen LogP) is 3.97. The van der Waals surface area contributed by atoms with Gasteiger partial charge in [-0.1, -0.05) is 41.6 Å². The molecule has 4 aromatic heterocycles. The van der Waals surface area contributed by atoms with Crippen LogP contribution in [0.5, 0.6) is 0 Å². The maximum absolute atomic E-state index is 12.8. The third-order valence-corrected chi connectivity index (χ3v) is 5.05. The van der Waals surface area contributed by atoms with Crippen LogP contribution in [-0.4, -0.2) is 35.9 Å². The first-order chi connectivity index (χ1) is 16.3. The second kappa shape index (κ2) is 9.19. The molecule has 0 saturated heterocycles. The Bertz CT molecular complexity index is 1350. The quantitative estimate of drug-likeness (QED) is 0.435. The van der Waals surface area contributed by atoms with Crippen LogP contribution in [-0.2, 0) is 11.2 Å². The standard InChI is InChI=1S/C25H19N7O/c33-24(29-23-9-8-20(17-28-23)19-7-4-12-27-16-19)15-22-25(18-5-2-1-3-6-18)32(31-30-22)21-10-13-26-14-11-21/h1-14,16-17H,15H2,(H,28,29,33). The number of anilines is 1. The summed E-state index contributed by atoms with van der Waals surface area (Å²) in [6, 6.07) is 20.9.